The first-order valence-corrected chi connectivity index (χ1v) is 8.05. The Labute approximate surface area is 135 Å². The number of fused-ring (bicyclic) bond motifs is 1. The molecule has 1 aliphatic heterocycles. The summed E-state index contributed by atoms with van der Waals surface area (Å²) in [6.45, 7) is 6.08. The zero-order valence-corrected chi connectivity index (χ0v) is 13.8. The molecule has 1 fully saturated rings. The summed E-state index contributed by atoms with van der Waals surface area (Å²) >= 11 is 0. The molecule has 0 unspecified atom stereocenters. The standard InChI is InChI=1S/C17H23N3O3/c1-11(2)8-13-10-23-7-6-20(13)16(21)12-4-5-15-14(9-12)18-17(22)19(15)3/h4-5,9,11,13H,6-8,10H2,1-3H3,(H,18,22)/t13-/m0/s1. The second-order valence-corrected chi connectivity index (χ2v) is 6.58. The number of nitrogens with one attached hydrogen (secondary N) is 1. The van der Waals surface area contributed by atoms with E-state index in [0.717, 1.165) is 11.9 Å². The lowest BCUT2D eigenvalue weighted by molar-refractivity contribution is -0.00745. The molecule has 6 nitrogen and oxygen atoms in total. The van der Waals surface area contributed by atoms with Crippen LogP contribution in [0.2, 0.25) is 0 Å². The number of hydrogen-bond acceptors (Lipinski definition) is 3. The molecule has 3 rings (SSSR count). The monoisotopic (exact) mass is 317 g/mol. The molecule has 6 heteroatoms. The highest BCUT2D eigenvalue weighted by Gasteiger charge is 2.28. The van der Waals surface area contributed by atoms with E-state index in [1.54, 1.807) is 23.7 Å². The Balaban J connectivity index is 1.90. The molecule has 23 heavy (non-hydrogen) atoms. The predicted molar refractivity (Wildman–Crippen MR) is 88.6 cm³/mol. The average molecular weight is 317 g/mol. The molecule has 1 aromatic carbocycles. The van der Waals surface area contributed by atoms with Crippen molar-refractivity contribution in [1.82, 2.24) is 14.5 Å². The number of hydrogen-bond donors (Lipinski definition) is 1. The Hall–Kier alpha value is -2.08. The number of carbonyl (C=O) groups is 1. The van der Waals surface area contributed by atoms with E-state index in [2.05, 4.69) is 18.8 Å². The number of ether oxygens (including phenoxy) is 1. The molecule has 124 valence electrons. The van der Waals surface area contributed by atoms with Crippen molar-refractivity contribution in [1.29, 1.82) is 0 Å². The number of aromatic nitrogens is 2. The molecule has 0 aliphatic carbocycles. The molecular weight excluding hydrogens is 294 g/mol. The zero-order chi connectivity index (χ0) is 16.6. The third-order valence-corrected chi connectivity index (χ3v) is 4.38. The fourth-order valence-corrected chi connectivity index (χ4v) is 3.20. The number of aryl methyl sites for hydroxylation is 1. The zero-order valence-electron chi connectivity index (χ0n) is 13.8. The number of rotatable bonds is 3. The summed E-state index contributed by atoms with van der Waals surface area (Å²) in [6.07, 6.45) is 0.927. The third kappa shape index (κ3) is 3.03. The van der Waals surface area contributed by atoms with Gasteiger partial charge in [0.2, 0.25) is 0 Å². The van der Waals surface area contributed by atoms with E-state index in [-0.39, 0.29) is 17.6 Å². The maximum absolute atomic E-state index is 12.9. The van der Waals surface area contributed by atoms with Gasteiger partial charge < -0.3 is 14.6 Å². The molecule has 2 aromatic rings. The van der Waals surface area contributed by atoms with Crippen LogP contribution >= 0.6 is 0 Å². The van der Waals surface area contributed by atoms with Gasteiger partial charge in [-0.2, -0.15) is 0 Å². The number of nitrogens with zero attached hydrogens (tertiary/aromatic N) is 2. The fourth-order valence-electron chi connectivity index (χ4n) is 3.20. The Morgan fingerprint density at radius 3 is 2.96 bits per heavy atom. The highest BCUT2D eigenvalue weighted by molar-refractivity contribution is 5.97. The Kier molecular flexibility index (Phi) is 4.26. The van der Waals surface area contributed by atoms with Crippen LogP contribution in [-0.4, -0.2) is 46.2 Å². The molecule has 1 amide bonds. The van der Waals surface area contributed by atoms with Crippen molar-refractivity contribution >= 4 is 16.9 Å². The van der Waals surface area contributed by atoms with E-state index in [1.165, 1.54) is 0 Å². The van der Waals surface area contributed by atoms with E-state index in [0.29, 0.717) is 36.8 Å². The van der Waals surface area contributed by atoms with Gasteiger partial charge in [0, 0.05) is 19.2 Å². The molecule has 0 spiro atoms. The summed E-state index contributed by atoms with van der Waals surface area (Å²) < 4.78 is 7.09. The largest absolute Gasteiger partial charge is 0.377 e. The van der Waals surface area contributed by atoms with Crippen molar-refractivity contribution in [3.05, 3.63) is 34.2 Å². The molecule has 1 aromatic heterocycles. The number of amides is 1. The van der Waals surface area contributed by atoms with E-state index in [1.807, 2.05) is 11.0 Å². The van der Waals surface area contributed by atoms with Gasteiger partial charge in [0.15, 0.2) is 0 Å². The molecule has 1 N–H and O–H groups in total. The summed E-state index contributed by atoms with van der Waals surface area (Å²) in [5.74, 6) is 0.510. The maximum Gasteiger partial charge on any atom is 0.326 e. The van der Waals surface area contributed by atoms with E-state index in [4.69, 9.17) is 4.74 Å². The molecule has 1 aliphatic rings. The van der Waals surface area contributed by atoms with Gasteiger partial charge in [0.05, 0.1) is 30.3 Å². The van der Waals surface area contributed by atoms with Crippen LogP contribution in [-0.2, 0) is 11.8 Å². The second kappa shape index (κ2) is 6.20. The first-order valence-electron chi connectivity index (χ1n) is 8.05. The summed E-state index contributed by atoms with van der Waals surface area (Å²) in [7, 11) is 1.71. The van der Waals surface area contributed by atoms with Crippen LogP contribution in [0.3, 0.4) is 0 Å². The number of benzene rings is 1. The fraction of sp³-hybridized carbons (Fsp3) is 0.529. The molecule has 1 saturated heterocycles. The quantitative estimate of drug-likeness (QED) is 0.938. The second-order valence-electron chi connectivity index (χ2n) is 6.58. The van der Waals surface area contributed by atoms with Crippen LogP contribution < -0.4 is 5.69 Å². The lowest BCUT2D eigenvalue weighted by atomic mass is 10.0. The van der Waals surface area contributed by atoms with Gasteiger partial charge in [-0.1, -0.05) is 13.8 Å². The van der Waals surface area contributed by atoms with Crippen molar-refractivity contribution in [2.24, 2.45) is 13.0 Å². The van der Waals surface area contributed by atoms with Gasteiger partial charge in [0.25, 0.3) is 5.91 Å². The Morgan fingerprint density at radius 1 is 1.43 bits per heavy atom. The van der Waals surface area contributed by atoms with Gasteiger partial charge in [-0.15, -0.1) is 0 Å². The SMILES string of the molecule is CC(C)C[C@H]1COCCN1C(=O)c1ccc2c(c1)[nH]c(=O)n2C. The van der Waals surface area contributed by atoms with Gasteiger partial charge in [-0.05, 0) is 30.5 Å². The van der Waals surface area contributed by atoms with E-state index < -0.39 is 0 Å². The number of carbonyl (C=O) groups excluding carboxylic acids is 1. The average Bonchev–Trinajstić information content (AvgIpc) is 2.81. The third-order valence-electron chi connectivity index (χ3n) is 4.38. The van der Waals surface area contributed by atoms with Gasteiger partial charge in [-0.25, -0.2) is 4.79 Å². The Bertz CT molecular complexity index is 775. The van der Waals surface area contributed by atoms with Crippen LogP contribution in [0.5, 0.6) is 0 Å². The molecule has 2 heterocycles. The van der Waals surface area contributed by atoms with E-state index >= 15 is 0 Å². The minimum Gasteiger partial charge on any atom is -0.377 e. The Morgan fingerprint density at radius 2 is 2.22 bits per heavy atom. The van der Waals surface area contributed by atoms with Crippen LogP contribution in [0, 0.1) is 5.92 Å². The first-order chi connectivity index (χ1) is 11.0. The number of morpholine rings is 1. The highest BCUT2D eigenvalue weighted by Crippen LogP contribution is 2.20. The van der Waals surface area contributed by atoms with Crippen molar-refractivity contribution < 1.29 is 9.53 Å². The number of imidazole rings is 1. The van der Waals surface area contributed by atoms with Crippen LogP contribution in [0.4, 0.5) is 0 Å². The smallest absolute Gasteiger partial charge is 0.326 e. The lowest BCUT2D eigenvalue weighted by Crippen LogP contribution is -2.49. The van der Waals surface area contributed by atoms with Crippen LogP contribution in [0.1, 0.15) is 30.6 Å². The van der Waals surface area contributed by atoms with E-state index in [9.17, 15) is 9.59 Å². The van der Waals surface area contributed by atoms with Crippen LogP contribution in [0.25, 0.3) is 11.0 Å². The molecular formula is C17H23N3O3. The molecule has 1 atom stereocenters. The minimum atomic E-state index is -0.173. The first kappa shape index (κ1) is 15.8. The summed E-state index contributed by atoms with van der Waals surface area (Å²) in [4.78, 5) is 29.3. The molecule has 0 radical (unpaired) electrons. The highest BCUT2D eigenvalue weighted by atomic mass is 16.5. The predicted octanol–water partition coefficient (Wildman–Crippen LogP) is 1.75. The van der Waals surface area contributed by atoms with Gasteiger partial charge in [-0.3, -0.25) is 9.36 Å². The topological polar surface area (TPSA) is 67.3 Å². The normalized spacial score (nSPS) is 18.8. The summed E-state index contributed by atoms with van der Waals surface area (Å²) in [6, 6.07) is 5.49. The van der Waals surface area contributed by atoms with Crippen molar-refractivity contribution in [3.63, 3.8) is 0 Å². The van der Waals surface area contributed by atoms with Crippen molar-refractivity contribution in [2.45, 2.75) is 26.3 Å². The molecule has 0 bridgehead atoms. The summed E-state index contributed by atoms with van der Waals surface area (Å²) in [5, 5.41) is 0. The van der Waals surface area contributed by atoms with Crippen molar-refractivity contribution in [2.75, 3.05) is 19.8 Å². The minimum absolute atomic E-state index is 0.00514. The number of aromatic amines is 1. The maximum atomic E-state index is 12.9. The van der Waals surface area contributed by atoms with Gasteiger partial charge >= 0.3 is 5.69 Å². The lowest BCUT2D eigenvalue weighted by Gasteiger charge is -2.36. The summed E-state index contributed by atoms with van der Waals surface area (Å²) in [5.41, 5.74) is 1.92. The van der Waals surface area contributed by atoms with Crippen LogP contribution in [0.15, 0.2) is 23.0 Å². The number of H-pyrrole nitrogens is 1. The van der Waals surface area contributed by atoms with Crippen molar-refractivity contribution in [3.8, 4) is 0 Å². The van der Waals surface area contributed by atoms with Gasteiger partial charge in [0.1, 0.15) is 0 Å². The molecule has 0 saturated carbocycles.